The summed E-state index contributed by atoms with van der Waals surface area (Å²) >= 11 is 0. The van der Waals surface area contributed by atoms with E-state index in [9.17, 15) is 12.8 Å². The molecule has 4 rings (SSSR count). The molecule has 0 bridgehead atoms. The van der Waals surface area contributed by atoms with E-state index in [2.05, 4.69) is 4.90 Å². The fourth-order valence-electron chi connectivity index (χ4n) is 4.63. The minimum Gasteiger partial charge on any atom is -0.497 e. The van der Waals surface area contributed by atoms with E-state index in [0.717, 1.165) is 45.3 Å². The van der Waals surface area contributed by atoms with Crippen LogP contribution < -0.4 is 4.74 Å². The van der Waals surface area contributed by atoms with Crippen LogP contribution >= 0.6 is 0 Å². The summed E-state index contributed by atoms with van der Waals surface area (Å²) in [7, 11) is -1.88. The van der Waals surface area contributed by atoms with Crippen LogP contribution in [0.2, 0.25) is 0 Å². The molecular formula is C23H29FN2O3S. The smallest absolute Gasteiger partial charge is 0.243 e. The van der Waals surface area contributed by atoms with Gasteiger partial charge >= 0.3 is 0 Å². The van der Waals surface area contributed by atoms with Crippen molar-refractivity contribution in [3.05, 3.63) is 59.9 Å². The van der Waals surface area contributed by atoms with Crippen LogP contribution in [0.4, 0.5) is 4.39 Å². The van der Waals surface area contributed by atoms with Gasteiger partial charge in [-0.3, -0.25) is 0 Å². The summed E-state index contributed by atoms with van der Waals surface area (Å²) < 4.78 is 45.5. The molecule has 0 saturated carbocycles. The number of likely N-dealkylation sites (tertiary alicyclic amines) is 1. The average molecular weight is 433 g/mol. The standard InChI is InChI=1S/C23H29FN2O3S/c1-29-21-8-10-22(11-9-21)30(27,28)26-15-12-23(13-16-26)17-25(18-23)14-2-3-19-4-6-20(24)7-5-19/h4-11H,2-3,12-18H2,1H3. The molecule has 30 heavy (non-hydrogen) atoms. The number of aryl methyl sites for hydroxylation is 1. The molecule has 162 valence electrons. The van der Waals surface area contributed by atoms with Crippen molar-refractivity contribution in [2.75, 3.05) is 39.8 Å². The molecule has 0 atom stereocenters. The number of benzene rings is 2. The number of methoxy groups -OCH3 is 1. The van der Waals surface area contributed by atoms with Gasteiger partial charge in [-0.1, -0.05) is 12.1 Å². The summed E-state index contributed by atoms with van der Waals surface area (Å²) in [4.78, 5) is 2.78. The Hall–Kier alpha value is -1.96. The highest BCUT2D eigenvalue weighted by atomic mass is 32.2. The Kier molecular flexibility index (Phi) is 6.14. The van der Waals surface area contributed by atoms with E-state index in [4.69, 9.17) is 4.74 Å². The van der Waals surface area contributed by atoms with Gasteiger partial charge in [0.05, 0.1) is 12.0 Å². The Morgan fingerprint density at radius 1 is 1.00 bits per heavy atom. The van der Waals surface area contributed by atoms with Crippen molar-refractivity contribution in [1.29, 1.82) is 0 Å². The number of halogens is 1. The summed E-state index contributed by atoms with van der Waals surface area (Å²) in [5.41, 5.74) is 1.44. The van der Waals surface area contributed by atoms with Gasteiger partial charge in [0.2, 0.25) is 10.0 Å². The third-order valence-electron chi connectivity index (χ3n) is 6.45. The summed E-state index contributed by atoms with van der Waals surface area (Å²) in [5.74, 6) is 0.462. The number of rotatable bonds is 7. The molecule has 2 aliphatic heterocycles. The predicted octanol–water partition coefficient (Wildman–Crippen LogP) is 3.55. The molecule has 2 aromatic carbocycles. The van der Waals surface area contributed by atoms with Crippen molar-refractivity contribution in [3.8, 4) is 5.75 Å². The van der Waals surface area contributed by atoms with Gasteiger partial charge in [-0.05, 0) is 79.6 Å². The first-order valence-electron chi connectivity index (χ1n) is 10.5. The monoisotopic (exact) mass is 432 g/mol. The lowest BCUT2D eigenvalue weighted by atomic mass is 9.72. The van der Waals surface area contributed by atoms with Gasteiger partial charge in [0.15, 0.2) is 0 Å². The van der Waals surface area contributed by atoms with E-state index in [1.54, 1.807) is 35.7 Å². The van der Waals surface area contributed by atoms with E-state index in [-0.39, 0.29) is 11.2 Å². The molecule has 0 radical (unpaired) electrons. The minimum atomic E-state index is -3.45. The van der Waals surface area contributed by atoms with Gasteiger partial charge in [0, 0.05) is 26.2 Å². The third-order valence-corrected chi connectivity index (χ3v) is 8.36. The van der Waals surface area contributed by atoms with Crippen LogP contribution in [0.15, 0.2) is 53.4 Å². The quantitative estimate of drug-likeness (QED) is 0.671. The lowest BCUT2D eigenvalue weighted by molar-refractivity contribution is -0.0344. The first kappa shape index (κ1) is 21.3. The van der Waals surface area contributed by atoms with E-state index in [1.807, 2.05) is 12.1 Å². The Morgan fingerprint density at radius 3 is 2.23 bits per heavy atom. The zero-order chi connectivity index (χ0) is 21.2. The molecule has 0 aliphatic carbocycles. The molecule has 2 fully saturated rings. The Balaban J connectivity index is 1.23. The van der Waals surface area contributed by atoms with Gasteiger partial charge in [-0.25, -0.2) is 12.8 Å². The fourth-order valence-corrected chi connectivity index (χ4v) is 6.07. The van der Waals surface area contributed by atoms with Crippen molar-refractivity contribution < 1.29 is 17.5 Å². The molecule has 0 amide bonds. The molecule has 0 N–H and O–H groups in total. The number of sulfonamides is 1. The minimum absolute atomic E-state index is 0.191. The van der Waals surface area contributed by atoms with Crippen molar-refractivity contribution in [1.82, 2.24) is 9.21 Å². The van der Waals surface area contributed by atoms with E-state index in [0.29, 0.717) is 23.7 Å². The van der Waals surface area contributed by atoms with Gasteiger partial charge in [-0.15, -0.1) is 0 Å². The summed E-state index contributed by atoms with van der Waals surface area (Å²) in [6.07, 6.45) is 3.84. The number of piperidine rings is 1. The van der Waals surface area contributed by atoms with Crippen molar-refractivity contribution in [2.45, 2.75) is 30.6 Å². The molecule has 5 nitrogen and oxygen atoms in total. The van der Waals surface area contributed by atoms with Crippen molar-refractivity contribution >= 4 is 10.0 Å². The number of nitrogens with zero attached hydrogens (tertiary/aromatic N) is 2. The second-order valence-corrected chi connectivity index (χ2v) is 10.5. The van der Waals surface area contributed by atoms with Crippen LogP contribution in [0, 0.1) is 11.2 Å². The Bertz CT molecular complexity index is 945. The first-order valence-corrected chi connectivity index (χ1v) is 12.0. The number of hydrogen-bond acceptors (Lipinski definition) is 4. The lowest BCUT2D eigenvalue weighted by Crippen LogP contribution is -2.60. The van der Waals surface area contributed by atoms with Crippen LogP contribution in [0.5, 0.6) is 5.75 Å². The van der Waals surface area contributed by atoms with Crippen LogP contribution in [0.1, 0.15) is 24.8 Å². The molecule has 2 heterocycles. The summed E-state index contributed by atoms with van der Waals surface area (Å²) in [5, 5.41) is 0. The zero-order valence-electron chi connectivity index (χ0n) is 17.4. The maximum atomic E-state index is 13.0. The van der Waals surface area contributed by atoms with Crippen LogP contribution in [-0.2, 0) is 16.4 Å². The van der Waals surface area contributed by atoms with E-state index in [1.165, 1.54) is 17.7 Å². The van der Waals surface area contributed by atoms with Gasteiger partial charge in [0.1, 0.15) is 11.6 Å². The summed E-state index contributed by atoms with van der Waals surface area (Å²) in [6, 6.07) is 13.3. The maximum absolute atomic E-state index is 13.0. The highest BCUT2D eigenvalue weighted by Gasteiger charge is 2.46. The van der Waals surface area contributed by atoms with Crippen LogP contribution in [0.3, 0.4) is 0 Å². The second-order valence-electron chi connectivity index (χ2n) is 8.52. The highest BCUT2D eigenvalue weighted by molar-refractivity contribution is 7.89. The normalized spacial score (nSPS) is 19.5. The average Bonchev–Trinajstić information content (AvgIpc) is 2.74. The van der Waals surface area contributed by atoms with Gasteiger partial charge < -0.3 is 9.64 Å². The molecule has 7 heteroatoms. The SMILES string of the molecule is COc1ccc(S(=O)(=O)N2CCC3(CC2)CN(CCCc2ccc(F)cc2)C3)cc1. The summed E-state index contributed by atoms with van der Waals surface area (Å²) in [6.45, 7) is 4.29. The fraction of sp³-hybridized carbons (Fsp3) is 0.478. The number of hydrogen-bond donors (Lipinski definition) is 0. The first-order chi connectivity index (χ1) is 14.4. The molecule has 0 aromatic heterocycles. The molecule has 2 aliphatic rings. The largest absolute Gasteiger partial charge is 0.497 e. The second kappa shape index (κ2) is 8.65. The lowest BCUT2D eigenvalue weighted by Gasteiger charge is -2.54. The zero-order valence-corrected chi connectivity index (χ0v) is 18.2. The molecule has 2 aromatic rings. The molecule has 2 saturated heterocycles. The third kappa shape index (κ3) is 4.53. The highest BCUT2D eigenvalue weighted by Crippen LogP contribution is 2.41. The van der Waals surface area contributed by atoms with E-state index >= 15 is 0 Å². The Morgan fingerprint density at radius 2 is 1.63 bits per heavy atom. The maximum Gasteiger partial charge on any atom is 0.243 e. The number of ether oxygens (including phenoxy) is 1. The van der Waals surface area contributed by atoms with Crippen molar-refractivity contribution in [3.63, 3.8) is 0 Å². The van der Waals surface area contributed by atoms with Crippen LogP contribution in [-0.4, -0.2) is 57.5 Å². The Labute approximate surface area is 178 Å². The molecule has 1 spiro atoms. The predicted molar refractivity (Wildman–Crippen MR) is 115 cm³/mol. The van der Waals surface area contributed by atoms with Crippen LogP contribution in [0.25, 0.3) is 0 Å². The van der Waals surface area contributed by atoms with Crippen molar-refractivity contribution in [2.24, 2.45) is 5.41 Å². The van der Waals surface area contributed by atoms with Gasteiger partial charge in [0.25, 0.3) is 0 Å². The van der Waals surface area contributed by atoms with Gasteiger partial charge in [-0.2, -0.15) is 4.31 Å². The molecular weight excluding hydrogens is 403 g/mol. The topological polar surface area (TPSA) is 49.9 Å². The molecule has 0 unspecified atom stereocenters. The van der Waals surface area contributed by atoms with E-state index < -0.39 is 10.0 Å².